The summed E-state index contributed by atoms with van der Waals surface area (Å²) in [4.78, 5) is 27.5. The summed E-state index contributed by atoms with van der Waals surface area (Å²) in [6, 6.07) is 5.49. The second-order valence-electron chi connectivity index (χ2n) is 5.17. The minimum Gasteiger partial charge on any atom is -0.506 e. The number of hydrogen-bond acceptors (Lipinski definition) is 8. The molecule has 0 aliphatic heterocycles. The van der Waals surface area contributed by atoms with Gasteiger partial charge in [0.15, 0.2) is 5.78 Å². The van der Waals surface area contributed by atoms with Gasteiger partial charge in [0.25, 0.3) is 5.95 Å². The molecule has 0 unspecified atom stereocenters. The average Bonchev–Trinajstić information content (AvgIpc) is 2.44. The van der Waals surface area contributed by atoms with Crippen LogP contribution in [-0.2, 0) is 10.3 Å². The smallest absolute Gasteiger partial charge is 0.357 e. The Morgan fingerprint density at radius 2 is 1.85 bits per heavy atom. The molecule has 0 fully saturated rings. The third-order valence-electron chi connectivity index (χ3n) is 3.18. The third-order valence-corrected chi connectivity index (χ3v) is 3.68. The van der Waals surface area contributed by atoms with E-state index in [1.54, 1.807) is 0 Å². The zero-order chi connectivity index (χ0) is 19.6. The number of anilines is 1. The Balaban J connectivity index is 2.55. The van der Waals surface area contributed by atoms with Gasteiger partial charge in [0.1, 0.15) is 16.9 Å². The lowest BCUT2D eigenvalue weighted by atomic mass is 10.1. The maximum absolute atomic E-state index is 11.9. The van der Waals surface area contributed by atoms with Crippen LogP contribution >= 0.6 is 0 Å². The number of aliphatic imine (C=N–C) groups is 1. The van der Waals surface area contributed by atoms with E-state index in [1.165, 1.54) is 31.2 Å². The molecule has 1 aromatic carbocycles. The Kier molecular flexibility index (Phi) is 5.14. The van der Waals surface area contributed by atoms with Crippen LogP contribution in [0.4, 0.5) is 11.4 Å². The number of hydrogen-bond donors (Lipinski definition) is 4. The van der Waals surface area contributed by atoms with Crippen LogP contribution in [0.15, 0.2) is 38.5 Å². The van der Waals surface area contributed by atoms with Crippen molar-refractivity contribution in [3.05, 3.63) is 45.8 Å². The second-order valence-corrected chi connectivity index (χ2v) is 6.33. The predicted molar refractivity (Wildman–Crippen MR) is 91.8 cm³/mol. The summed E-state index contributed by atoms with van der Waals surface area (Å²) >= 11 is 0. The maximum Gasteiger partial charge on any atom is 0.357 e. The SMILES string of the molecule is CC(=O)c1c(O)oc(=O)c(C(C)=Nc2cccc(NS(=O)(=O)O)c2)c1O. The lowest BCUT2D eigenvalue weighted by molar-refractivity contribution is 0.100. The molecule has 0 spiro atoms. The number of Topliss-reactive ketones (excluding diaryl/α,β-unsaturated/α-hetero) is 1. The van der Waals surface area contributed by atoms with Gasteiger partial charge in [-0.15, -0.1) is 0 Å². The van der Waals surface area contributed by atoms with Crippen molar-refractivity contribution in [2.75, 3.05) is 4.72 Å². The van der Waals surface area contributed by atoms with Crippen molar-refractivity contribution in [2.45, 2.75) is 13.8 Å². The van der Waals surface area contributed by atoms with Gasteiger partial charge < -0.3 is 14.6 Å². The molecule has 4 N–H and O–H groups in total. The molecule has 0 aliphatic rings. The Bertz CT molecular complexity index is 1070. The standard InChI is InChI=1S/C15H14N2O8S/c1-7(11-13(19)12(8(2)18)15(21)25-14(11)20)16-9-4-3-5-10(6-9)17-26(22,23)24/h3-6,17,19,21H,1-2H3,(H,22,23,24). The molecule has 11 heteroatoms. The van der Waals surface area contributed by atoms with Crippen LogP contribution in [0.2, 0.25) is 0 Å². The number of rotatable bonds is 5. The van der Waals surface area contributed by atoms with E-state index in [9.17, 15) is 28.2 Å². The van der Waals surface area contributed by atoms with E-state index in [0.717, 1.165) is 6.92 Å². The molecule has 138 valence electrons. The van der Waals surface area contributed by atoms with Gasteiger partial charge in [-0.1, -0.05) is 6.07 Å². The first-order valence-electron chi connectivity index (χ1n) is 7.00. The lowest BCUT2D eigenvalue weighted by Gasteiger charge is -2.08. The molecule has 0 amide bonds. The summed E-state index contributed by atoms with van der Waals surface area (Å²) in [5.41, 5.74) is -1.97. The van der Waals surface area contributed by atoms with Crippen molar-refractivity contribution < 1.29 is 32.4 Å². The molecule has 26 heavy (non-hydrogen) atoms. The van der Waals surface area contributed by atoms with E-state index < -0.39 is 44.5 Å². The fourth-order valence-corrected chi connectivity index (χ4v) is 2.61. The van der Waals surface area contributed by atoms with Crippen LogP contribution in [0.25, 0.3) is 0 Å². The summed E-state index contributed by atoms with van der Waals surface area (Å²) in [5.74, 6) is -2.51. The highest BCUT2D eigenvalue weighted by molar-refractivity contribution is 7.87. The number of ketones is 1. The molecule has 10 nitrogen and oxygen atoms in total. The van der Waals surface area contributed by atoms with Gasteiger partial charge in [0.2, 0.25) is 0 Å². The zero-order valence-corrected chi connectivity index (χ0v) is 14.4. The Morgan fingerprint density at radius 1 is 1.19 bits per heavy atom. The van der Waals surface area contributed by atoms with Crippen LogP contribution in [0.1, 0.15) is 29.8 Å². The molecular formula is C15H14N2O8S. The van der Waals surface area contributed by atoms with Gasteiger partial charge in [-0.25, -0.2) is 4.79 Å². The molecule has 2 rings (SSSR count). The Morgan fingerprint density at radius 3 is 2.42 bits per heavy atom. The van der Waals surface area contributed by atoms with Gasteiger partial charge in [0.05, 0.1) is 17.1 Å². The number of benzene rings is 1. The number of nitrogens with one attached hydrogen (secondary N) is 1. The quantitative estimate of drug-likeness (QED) is 0.344. The Hall–Kier alpha value is -3.18. The summed E-state index contributed by atoms with van der Waals surface area (Å²) < 4.78 is 36.9. The van der Waals surface area contributed by atoms with Crippen molar-refractivity contribution in [1.82, 2.24) is 0 Å². The van der Waals surface area contributed by atoms with Crippen molar-refractivity contribution in [2.24, 2.45) is 4.99 Å². The second kappa shape index (κ2) is 6.98. The fraction of sp³-hybridized carbons (Fsp3) is 0.133. The van der Waals surface area contributed by atoms with E-state index in [0.29, 0.717) is 0 Å². The van der Waals surface area contributed by atoms with Crippen LogP contribution in [0.5, 0.6) is 11.7 Å². The van der Waals surface area contributed by atoms with Crippen molar-refractivity contribution >= 4 is 33.2 Å². The summed E-state index contributed by atoms with van der Waals surface area (Å²) in [7, 11) is -4.48. The largest absolute Gasteiger partial charge is 0.506 e. The molecule has 0 radical (unpaired) electrons. The molecule has 0 aliphatic carbocycles. The van der Waals surface area contributed by atoms with Gasteiger partial charge >= 0.3 is 15.9 Å². The minimum absolute atomic E-state index is 0.00735. The predicted octanol–water partition coefficient (Wildman–Crippen LogP) is 1.61. The highest BCUT2D eigenvalue weighted by atomic mass is 32.2. The van der Waals surface area contributed by atoms with E-state index in [-0.39, 0.29) is 17.1 Å². The minimum atomic E-state index is -4.48. The highest BCUT2D eigenvalue weighted by Gasteiger charge is 2.23. The average molecular weight is 382 g/mol. The molecule has 0 atom stereocenters. The maximum atomic E-state index is 11.9. The van der Waals surface area contributed by atoms with Crippen LogP contribution < -0.4 is 10.3 Å². The van der Waals surface area contributed by atoms with Gasteiger partial charge in [-0.3, -0.25) is 19.1 Å². The number of nitrogens with zero attached hydrogens (tertiary/aromatic N) is 1. The van der Waals surface area contributed by atoms with Gasteiger partial charge in [0, 0.05) is 0 Å². The molecular weight excluding hydrogens is 368 g/mol. The summed E-state index contributed by atoms with van der Waals surface area (Å²) in [6.07, 6.45) is 0. The summed E-state index contributed by atoms with van der Waals surface area (Å²) in [6.45, 7) is 2.41. The monoisotopic (exact) mass is 382 g/mol. The first-order valence-corrected chi connectivity index (χ1v) is 8.44. The molecule has 0 saturated heterocycles. The highest BCUT2D eigenvalue weighted by Crippen LogP contribution is 2.29. The fourth-order valence-electron chi connectivity index (χ4n) is 2.19. The van der Waals surface area contributed by atoms with E-state index in [1.807, 2.05) is 4.72 Å². The first-order chi connectivity index (χ1) is 12.0. The molecule has 0 saturated carbocycles. The molecule has 1 heterocycles. The number of aromatic hydroxyl groups is 2. The van der Waals surface area contributed by atoms with E-state index in [4.69, 9.17) is 4.55 Å². The van der Waals surface area contributed by atoms with Crippen molar-refractivity contribution in [3.8, 4) is 11.7 Å². The Labute approximate surface area is 147 Å². The third kappa shape index (κ3) is 4.26. The van der Waals surface area contributed by atoms with Crippen molar-refractivity contribution in [1.29, 1.82) is 0 Å². The first kappa shape index (κ1) is 19.1. The molecule has 2 aromatic rings. The topological polar surface area (TPSA) is 166 Å². The van der Waals surface area contributed by atoms with Crippen LogP contribution in [-0.4, -0.2) is 34.7 Å². The van der Waals surface area contributed by atoms with Crippen LogP contribution in [0, 0.1) is 0 Å². The lowest BCUT2D eigenvalue weighted by Crippen LogP contribution is -2.15. The van der Waals surface area contributed by atoms with Crippen LogP contribution in [0.3, 0.4) is 0 Å². The normalized spacial score (nSPS) is 12.0. The van der Waals surface area contributed by atoms with E-state index >= 15 is 0 Å². The van der Waals surface area contributed by atoms with Gasteiger partial charge in [-0.2, -0.15) is 8.42 Å². The summed E-state index contributed by atoms with van der Waals surface area (Å²) in [5, 5.41) is 19.6. The number of carbonyl (C=O) groups excluding carboxylic acids is 1. The van der Waals surface area contributed by atoms with E-state index in [2.05, 4.69) is 9.41 Å². The van der Waals surface area contributed by atoms with Gasteiger partial charge in [-0.05, 0) is 32.0 Å². The molecule has 1 aromatic heterocycles. The van der Waals surface area contributed by atoms with Crippen molar-refractivity contribution in [3.63, 3.8) is 0 Å². The molecule has 0 bridgehead atoms. The zero-order valence-electron chi connectivity index (χ0n) is 13.5. The number of carbonyl (C=O) groups is 1.